The normalized spacial score (nSPS) is 20.6. The molecule has 0 aromatic carbocycles. The van der Waals surface area contributed by atoms with E-state index in [0.717, 1.165) is 38.2 Å². The lowest BCUT2D eigenvalue weighted by atomic mass is 9.94. The van der Waals surface area contributed by atoms with Crippen molar-refractivity contribution in [1.29, 1.82) is 0 Å². The second-order valence-corrected chi connectivity index (χ2v) is 7.17. The summed E-state index contributed by atoms with van der Waals surface area (Å²) in [6.45, 7) is 4.15. The number of aromatic nitrogens is 4. The minimum absolute atomic E-state index is 0.175. The summed E-state index contributed by atoms with van der Waals surface area (Å²) in [5, 5.41) is 3.21. The van der Waals surface area contributed by atoms with Gasteiger partial charge in [-0.25, -0.2) is 9.97 Å². The topological polar surface area (TPSA) is 87.1 Å². The van der Waals surface area contributed by atoms with E-state index in [1.54, 1.807) is 31.0 Å². The Morgan fingerprint density at radius 1 is 1.04 bits per heavy atom. The van der Waals surface area contributed by atoms with Crippen molar-refractivity contribution < 1.29 is 4.79 Å². The first-order valence-corrected chi connectivity index (χ1v) is 9.63. The molecule has 0 spiro atoms. The lowest BCUT2D eigenvalue weighted by molar-refractivity contribution is -0.133. The van der Waals surface area contributed by atoms with Crippen molar-refractivity contribution in [3.63, 3.8) is 0 Å². The zero-order chi connectivity index (χ0) is 18.5. The number of nitrogens with one attached hydrogen (secondary N) is 1. The fourth-order valence-electron chi connectivity index (χ4n) is 3.89. The molecule has 0 aliphatic carbocycles. The van der Waals surface area contributed by atoms with Crippen molar-refractivity contribution in [3.8, 4) is 0 Å². The van der Waals surface area contributed by atoms with Crippen molar-refractivity contribution >= 4 is 17.5 Å². The molecule has 2 saturated heterocycles. The maximum atomic E-state index is 12.7. The average Bonchev–Trinajstić information content (AvgIpc) is 3.22. The van der Waals surface area contributed by atoms with Gasteiger partial charge in [-0.15, -0.1) is 0 Å². The number of rotatable bonds is 5. The van der Waals surface area contributed by atoms with Crippen LogP contribution in [0.5, 0.6) is 0 Å². The smallest absolute Gasteiger partial charge is 0.236 e. The minimum Gasteiger partial charge on any atom is -0.341 e. The molecule has 0 saturated carbocycles. The van der Waals surface area contributed by atoms with Crippen LogP contribution in [0.15, 0.2) is 31.0 Å². The molecule has 2 aliphatic heterocycles. The van der Waals surface area contributed by atoms with E-state index in [9.17, 15) is 4.79 Å². The third-order valence-corrected chi connectivity index (χ3v) is 5.25. The van der Waals surface area contributed by atoms with Crippen LogP contribution in [0.4, 0.5) is 11.6 Å². The highest BCUT2D eigenvalue weighted by Crippen LogP contribution is 2.30. The number of carbonyl (C=O) groups is 1. The first kappa shape index (κ1) is 17.8. The number of hydrogen-bond acceptors (Lipinski definition) is 7. The van der Waals surface area contributed by atoms with Crippen LogP contribution < -0.4 is 5.32 Å². The van der Waals surface area contributed by atoms with Crippen LogP contribution in [0, 0.1) is 0 Å². The van der Waals surface area contributed by atoms with Gasteiger partial charge in [0.25, 0.3) is 0 Å². The van der Waals surface area contributed by atoms with Gasteiger partial charge in [-0.1, -0.05) is 0 Å². The number of hydrogen-bond donors (Lipinski definition) is 1. The van der Waals surface area contributed by atoms with E-state index in [0.29, 0.717) is 24.7 Å². The molecule has 2 aliphatic rings. The summed E-state index contributed by atoms with van der Waals surface area (Å²) in [5.41, 5.74) is 0.891. The van der Waals surface area contributed by atoms with Crippen LogP contribution in [-0.4, -0.2) is 68.4 Å². The van der Waals surface area contributed by atoms with Crippen LogP contribution >= 0.6 is 0 Å². The summed E-state index contributed by atoms with van der Waals surface area (Å²) in [6.07, 6.45) is 12.7. The fourth-order valence-corrected chi connectivity index (χ4v) is 3.89. The average molecular weight is 367 g/mol. The lowest BCUT2D eigenvalue weighted by Crippen LogP contribution is -2.44. The van der Waals surface area contributed by atoms with Crippen LogP contribution in [0.2, 0.25) is 0 Å². The minimum atomic E-state index is 0.175. The van der Waals surface area contributed by atoms with Gasteiger partial charge in [0.1, 0.15) is 5.82 Å². The Morgan fingerprint density at radius 3 is 2.67 bits per heavy atom. The highest BCUT2D eigenvalue weighted by atomic mass is 16.2. The standard InChI is InChI=1S/C19H25N7O/c27-17(14-25-9-1-2-10-25)26-11-3-4-15(13-26)18-19(23-8-7-22-18)24-16-12-20-5-6-21-16/h5-8,12,15H,1-4,9-11,13-14H2,(H,21,23,24). The number of likely N-dealkylation sites (tertiary alicyclic amines) is 2. The highest BCUT2D eigenvalue weighted by molar-refractivity contribution is 5.78. The predicted octanol–water partition coefficient (Wildman–Crippen LogP) is 1.81. The summed E-state index contributed by atoms with van der Waals surface area (Å²) in [4.78, 5) is 34.3. The van der Waals surface area contributed by atoms with E-state index in [2.05, 4.69) is 30.2 Å². The molecule has 1 atom stereocenters. The predicted molar refractivity (Wildman–Crippen MR) is 102 cm³/mol. The quantitative estimate of drug-likeness (QED) is 0.862. The van der Waals surface area contributed by atoms with Crippen LogP contribution in [0.25, 0.3) is 0 Å². The lowest BCUT2D eigenvalue weighted by Gasteiger charge is -2.34. The van der Waals surface area contributed by atoms with E-state index >= 15 is 0 Å². The Labute approximate surface area is 159 Å². The van der Waals surface area contributed by atoms with Crippen LogP contribution in [0.3, 0.4) is 0 Å². The first-order chi connectivity index (χ1) is 13.3. The van der Waals surface area contributed by atoms with E-state index < -0.39 is 0 Å². The largest absolute Gasteiger partial charge is 0.341 e. The molecule has 0 radical (unpaired) electrons. The molecular formula is C19H25N7O. The van der Waals surface area contributed by atoms with Crippen LogP contribution in [-0.2, 0) is 4.79 Å². The zero-order valence-corrected chi connectivity index (χ0v) is 15.4. The first-order valence-electron chi connectivity index (χ1n) is 9.63. The second kappa shape index (κ2) is 8.39. The van der Waals surface area contributed by atoms with Gasteiger partial charge in [-0.05, 0) is 38.8 Å². The summed E-state index contributed by atoms with van der Waals surface area (Å²) >= 11 is 0. The Kier molecular flexibility index (Phi) is 5.53. The monoisotopic (exact) mass is 367 g/mol. The molecule has 2 aromatic rings. The van der Waals surface area contributed by atoms with E-state index in [4.69, 9.17) is 0 Å². The van der Waals surface area contributed by atoms with Crippen LogP contribution in [0.1, 0.15) is 37.3 Å². The third-order valence-electron chi connectivity index (χ3n) is 5.25. The van der Waals surface area contributed by atoms with E-state index in [-0.39, 0.29) is 11.8 Å². The number of nitrogens with zero attached hydrogens (tertiary/aromatic N) is 6. The summed E-state index contributed by atoms with van der Waals surface area (Å²) < 4.78 is 0. The van der Waals surface area contributed by atoms with Crippen molar-refractivity contribution in [2.75, 3.05) is 38.0 Å². The summed E-state index contributed by atoms with van der Waals surface area (Å²) in [5.74, 6) is 1.73. The van der Waals surface area contributed by atoms with Gasteiger partial charge in [0, 0.05) is 43.8 Å². The Balaban J connectivity index is 1.45. The molecule has 2 fully saturated rings. The number of anilines is 2. The van der Waals surface area contributed by atoms with Crippen molar-refractivity contribution in [1.82, 2.24) is 29.7 Å². The Morgan fingerprint density at radius 2 is 1.85 bits per heavy atom. The van der Waals surface area contributed by atoms with Gasteiger partial charge < -0.3 is 10.2 Å². The molecule has 2 aromatic heterocycles. The maximum absolute atomic E-state index is 12.7. The Bertz CT molecular complexity index is 764. The highest BCUT2D eigenvalue weighted by Gasteiger charge is 2.29. The van der Waals surface area contributed by atoms with Gasteiger partial charge >= 0.3 is 0 Å². The number of piperidine rings is 1. The Hall–Kier alpha value is -2.61. The summed E-state index contributed by atoms with van der Waals surface area (Å²) in [6, 6.07) is 0. The van der Waals surface area contributed by atoms with Gasteiger partial charge in [-0.3, -0.25) is 19.7 Å². The molecular weight excluding hydrogens is 342 g/mol. The fraction of sp³-hybridized carbons (Fsp3) is 0.526. The molecule has 1 unspecified atom stereocenters. The second-order valence-electron chi connectivity index (χ2n) is 7.17. The number of amides is 1. The molecule has 1 amide bonds. The molecule has 8 nitrogen and oxygen atoms in total. The molecule has 27 heavy (non-hydrogen) atoms. The maximum Gasteiger partial charge on any atom is 0.236 e. The van der Waals surface area contributed by atoms with Gasteiger partial charge in [-0.2, -0.15) is 0 Å². The molecule has 4 rings (SSSR count). The SMILES string of the molecule is O=C(CN1CCCC1)N1CCCC(c2nccnc2Nc2cnccn2)C1. The van der Waals surface area contributed by atoms with Crippen molar-refractivity contribution in [2.45, 2.75) is 31.6 Å². The molecule has 1 N–H and O–H groups in total. The van der Waals surface area contributed by atoms with Gasteiger partial charge in [0.2, 0.25) is 5.91 Å². The zero-order valence-electron chi connectivity index (χ0n) is 15.4. The molecule has 0 bridgehead atoms. The third kappa shape index (κ3) is 4.39. The number of carbonyl (C=O) groups excluding carboxylic acids is 1. The molecule has 142 valence electrons. The van der Waals surface area contributed by atoms with Gasteiger partial charge in [0.15, 0.2) is 5.82 Å². The van der Waals surface area contributed by atoms with E-state index in [1.807, 2.05) is 4.90 Å². The molecule has 4 heterocycles. The molecule has 8 heteroatoms. The van der Waals surface area contributed by atoms with Crippen molar-refractivity contribution in [2.24, 2.45) is 0 Å². The summed E-state index contributed by atoms with van der Waals surface area (Å²) in [7, 11) is 0. The van der Waals surface area contributed by atoms with E-state index in [1.165, 1.54) is 12.8 Å². The van der Waals surface area contributed by atoms with Gasteiger partial charge in [0.05, 0.1) is 18.4 Å². The van der Waals surface area contributed by atoms with Crippen molar-refractivity contribution in [3.05, 3.63) is 36.7 Å².